The largest absolute Gasteiger partial charge is 0.465 e. The van der Waals surface area contributed by atoms with Crippen molar-refractivity contribution < 1.29 is 14.0 Å². The molecule has 1 aromatic heterocycles. The number of carbonyl (C=O) groups excluding carboxylic acids is 2. The zero-order valence-electron chi connectivity index (χ0n) is 12.0. The Bertz CT molecular complexity index is 708. The monoisotopic (exact) mass is 428 g/mol. The van der Waals surface area contributed by atoms with Crippen molar-refractivity contribution in [1.82, 2.24) is 5.32 Å². The topological polar surface area (TPSA) is 71.3 Å². The van der Waals surface area contributed by atoms with Gasteiger partial charge in [-0.1, -0.05) is 15.9 Å². The molecule has 0 aliphatic rings. The summed E-state index contributed by atoms with van der Waals surface area (Å²) in [6, 6.07) is 7.18. The summed E-state index contributed by atoms with van der Waals surface area (Å²) in [6.45, 7) is 3.34. The summed E-state index contributed by atoms with van der Waals surface area (Å²) in [6.07, 6.45) is 0. The van der Waals surface area contributed by atoms with Crippen LogP contribution in [0, 0.1) is 13.8 Å². The molecule has 0 saturated heterocycles. The van der Waals surface area contributed by atoms with E-state index in [1.165, 1.54) is 0 Å². The predicted molar refractivity (Wildman–Crippen MR) is 91.0 cm³/mol. The van der Waals surface area contributed by atoms with E-state index < -0.39 is 0 Å². The highest BCUT2D eigenvalue weighted by molar-refractivity contribution is 9.10. The number of halogens is 2. The molecule has 5 nitrogen and oxygen atoms in total. The van der Waals surface area contributed by atoms with E-state index in [4.69, 9.17) is 4.42 Å². The highest BCUT2D eigenvalue weighted by Gasteiger charge is 2.20. The predicted octanol–water partition coefficient (Wildman–Crippen LogP) is 3.79. The Morgan fingerprint density at radius 2 is 1.73 bits per heavy atom. The molecule has 1 aromatic carbocycles. The van der Waals surface area contributed by atoms with E-state index >= 15 is 0 Å². The molecule has 116 valence electrons. The summed E-state index contributed by atoms with van der Waals surface area (Å²) in [7, 11) is 0. The molecule has 0 unspecified atom stereocenters. The van der Waals surface area contributed by atoms with E-state index in [-0.39, 0.29) is 18.4 Å². The zero-order valence-corrected chi connectivity index (χ0v) is 15.2. The number of hydrogen-bond donors (Lipinski definition) is 2. The third-order valence-corrected chi connectivity index (χ3v) is 4.43. The van der Waals surface area contributed by atoms with Crippen LogP contribution in [0.25, 0.3) is 0 Å². The average Bonchev–Trinajstić information content (AvgIpc) is 2.72. The van der Waals surface area contributed by atoms with Crippen LogP contribution in [0.4, 0.5) is 5.69 Å². The minimum atomic E-state index is -0.354. The van der Waals surface area contributed by atoms with Gasteiger partial charge < -0.3 is 15.1 Å². The normalized spacial score (nSPS) is 10.4. The molecule has 0 spiro atoms. The van der Waals surface area contributed by atoms with Gasteiger partial charge in [-0.3, -0.25) is 9.59 Å². The average molecular weight is 430 g/mol. The Hall–Kier alpha value is -1.60. The van der Waals surface area contributed by atoms with Crippen molar-refractivity contribution in [1.29, 1.82) is 0 Å². The van der Waals surface area contributed by atoms with Crippen LogP contribution in [0.15, 0.2) is 37.6 Å². The number of amides is 2. The lowest BCUT2D eigenvalue weighted by atomic mass is 10.2. The first-order chi connectivity index (χ1) is 10.4. The maximum Gasteiger partial charge on any atom is 0.256 e. The minimum Gasteiger partial charge on any atom is -0.465 e. The molecular weight excluding hydrogens is 416 g/mol. The number of benzene rings is 1. The first-order valence-electron chi connectivity index (χ1n) is 6.47. The van der Waals surface area contributed by atoms with Gasteiger partial charge in [-0.25, -0.2) is 0 Å². The van der Waals surface area contributed by atoms with Crippen molar-refractivity contribution in [2.45, 2.75) is 13.8 Å². The summed E-state index contributed by atoms with van der Waals surface area (Å²) in [4.78, 5) is 23.9. The fourth-order valence-corrected chi connectivity index (χ4v) is 2.71. The SMILES string of the molecule is Cc1oc(C)c(C(=O)NCC(=O)Nc2ccc(Br)cc2)c1Br. The Morgan fingerprint density at radius 1 is 1.09 bits per heavy atom. The van der Waals surface area contributed by atoms with Crippen LogP contribution in [0.1, 0.15) is 21.9 Å². The van der Waals surface area contributed by atoms with E-state index in [1.54, 1.807) is 26.0 Å². The van der Waals surface area contributed by atoms with Crippen molar-refractivity contribution in [3.63, 3.8) is 0 Å². The molecule has 0 radical (unpaired) electrons. The number of anilines is 1. The van der Waals surface area contributed by atoms with Crippen LogP contribution in [0.5, 0.6) is 0 Å². The fourth-order valence-electron chi connectivity index (χ4n) is 1.90. The van der Waals surface area contributed by atoms with Crippen molar-refractivity contribution in [2.24, 2.45) is 0 Å². The van der Waals surface area contributed by atoms with E-state index in [0.717, 1.165) is 4.47 Å². The van der Waals surface area contributed by atoms with Gasteiger partial charge >= 0.3 is 0 Å². The van der Waals surface area contributed by atoms with E-state index in [0.29, 0.717) is 27.2 Å². The Balaban J connectivity index is 1.93. The molecule has 2 N–H and O–H groups in total. The third-order valence-electron chi connectivity index (χ3n) is 2.95. The quantitative estimate of drug-likeness (QED) is 0.776. The molecule has 0 aliphatic carbocycles. The van der Waals surface area contributed by atoms with Gasteiger partial charge in [0, 0.05) is 10.2 Å². The second-order valence-electron chi connectivity index (χ2n) is 4.64. The highest BCUT2D eigenvalue weighted by Crippen LogP contribution is 2.27. The Kier molecular flexibility index (Phi) is 5.42. The molecule has 0 bridgehead atoms. The third kappa shape index (κ3) is 3.98. The molecule has 22 heavy (non-hydrogen) atoms. The summed E-state index contributed by atoms with van der Waals surface area (Å²) in [5.74, 6) is 0.481. The molecule has 0 atom stereocenters. The highest BCUT2D eigenvalue weighted by atomic mass is 79.9. The number of carbonyl (C=O) groups is 2. The summed E-state index contributed by atoms with van der Waals surface area (Å²) in [5.41, 5.74) is 1.08. The molecule has 7 heteroatoms. The zero-order chi connectivity index (χ0) is 16.3. The second kappa shape index (κ2) is 7.11. The van der Waals surface area contributed by atoms with Gasteiger partial charge in [0.1, 0.15) is 11.5 Å². The standard InChI is InChI=1S/C15H14Br2N2O3/c1-8-13(14(17)9(2)22-8)15(21)18-7-12(20)19-11-5-3-10(16)4-6-11/h3-6H,7H2,1-2H3,(H,18,21)(H,19,20). The number of furan rings is 1. The molecule has 1 heterocycles. The molecule has 0 aliphatic heterocycles. The van der Waals surface area contributed by atoms with Crippen LogP contribution in [0.2, 0.25) is 0 Å². The van der Waals surface area contributed by atoms with Crippen LogP contribution < -0.4 is 10.6 Å². The molecule has 0 saturated carbocycles. The second-order valence-corrected chi connectivity index (χ2v) is 6.35. The van der Waals surface area contributed by atoms with Gasteiger partial charge in [0.15, 0.2) is 0 Å². The van der Waals surface area contributed by atoms with Gasteiger partial charge in [0.05, 0.1) is 16.6 Å². The molecule has 2 amide bonds. The van der Waals surface area contributed by atoms with Crippen molar-refractivity contribution in [2.75, 3.05) is 11.9 Å². The smallest absolute Gasteiger partial charge is 0.256 e. The molecule has 2 aromatic rings. The van der Waals surface area contributed by atoms with E-state index in [9.17, 15) is 9.59 Å². The van der Waals surface area contributed by atoms with Gasteiger partial charge in [-0.15, -0.1) is 0 Å². The summed E-state index contributed by atoms with van der Waals surface area (Å²) in [5, 5.41) is 5.28. The lowest BCUT2D eigenvalue weighted by molar-refractivity contribution is -0.115. The first-order valence-corrected chi connectivity index (χ1v) is 8.06. The van der Waals surface area contributed by atoms with E-state index in [2.05, 4.69) is 42.5 Å². The maximum absolute atomic E-state index is 12.1. The number of nitrogens with one attached hydrogen (secondary N) is 2. The number of aryl methyl sites for hydroxylation is 2. The number of hydrogen-bond acceptors (Lipinski definition) is 3. The lowest BCUT2D eigenvalue weighted by Gasteiger charge is -2.07. The van der Waals surface area contributed by atoms with Crippen LogP contribution >= 0.6 is 31.9 Å². The van der Waals surface area contributed by atoms with E-state index in [1.807, 2.05) is 12.1 Å². The van der Waals surface area contributed by atoms with Crippen LogP contribution in [-0.2, 0) is 4.79 Å². The number of rotatable bonds is 4. The van der Waals surface area contributed by atoms with Crippen molar-refractivity contribution in [3.05, 3.63) is 50.3 Å². The Morgan fingerprint density at radius 3 is 2.27 bits per heavy atom. The van der Waals surface area contributed by atoms with Crippen LogP contribution in [-0.4, -0.2) is 18.4 Å². The van der Waals surface area contributed by atoms with Gasteiger partial charge in [0.2, 0.25) is 5.91 Å². The Labute approximate surface area is 144 Å². The van der Waals surface area contributed by atoms with Gasteiger partial charge in [-0.05, 0) is 54.0 Å². The minimum absolute atomic E-state index is 0.120. The van der Waals surface area contributed by atoms with Crippen molar-refractivity contribution >= 4 is 49.4 Å². The maximum atomic E-state index is 12.1. The van der Waals surface area contributed by atoms with Gasteiger partial charge in [-0.2, -0.15) is 0 Å². The van der Waals surface area contributed by atoms with Crippen molar-refractivity contribution in [3.8, 4) is 0 Å². The molecular formula is C15H14Br2N2O3. The summed E-state index contributed by atoms with van der Waals surface area (Å²) < 4.78 is 6.90. The summed E-state index contributed by atoms with van der Waals surface area (Å²) >= 11 is 6.63. The fraction of sp³-hybridized carbons (Fsp3) is 0.200. The lowest BCUT2D eigenvalue weighted by Crippen LogP contribution is -2.33. The molecule has 0 fully saturated rings. The molecule has 2 rings (SSSR count). The first kappa shape index (κ1) is 16.8. The van der Waals surface area contributed by atoms with Gasteiger partial charge in [0.25, 0.3) is 5.91 Å². The van der Waals surface area contributed by atoms with Crippen LogP contribution in [0.3, 0.4) is 0 Å².